The summed E-state index contributed by atoms with van der Waals surface area (Å²) in [4.78, 5) is 0. The van der Waals surface area contributed by atoms with Gasteiger partial charge in [0.2, 0.25) is 0 Å². The van der Waals surface area contributed by atoms with Gasteiger partial charge in [0.25, 0.3) is 0 Å². The van der Waals surface area contributed by atoms with Crippen LogP contribution < -0.4 is 16.0 Å². The standard InChI is InChI=1S/C15H17BrN2O/c1-10-7-8-11(9-13(10)16)15(18-17)12-5-3-4-6-14(12)19-2/h3-9,15,18H,17H2,1-2H3. The van der Waals surface area contributed by atoms with Gasteiger partial charge < -0.3 is 4.74 Å². The van der Waals surface area contributed by atoms with Crippen LogP contribution in [-0.4, -0.2) is 7.11 Å². The molecule has 4 heteroatoms. The van der Waals surface area contributed by atoms with E-state index < -0.39 is 0 Å². The number of ether oxygens (including phenoxy) is 1. The van der Waals surface area contributed by atoms with E-state index in [-0.39, 0.29) is 6.04 Å². The van der Waals surface area contributed by atoms with E-state index in [1.54, 1.807) is 7.11 Å². The monoisotopic (exact) mass is 320 g/mol. The summed E-state index contributed by atoms with van der Waals surface area (Å²) in [6.07, 6.45) is 0. The quantitative estimate of drug-likeness (QED) is 0.671. The van der Waals surface area contributed by atoms with Crippen LogP contribution in [0.2, 0.25) is 0 Å². The Morgan fingerprint density at radius 3 is 2.58 bits per heavy atom. The van der Waals surface area contributed by atoms with E-state index in [0.717, 1.165) is 21.3 Å². The number of methoxy groups -OCH3 is 1. The minimum absolute atomic E-state index is 0.104. The molecule has 3 N–H and O–H groups in total. The van der Waals surface area contributed by atoms with Crippen molar-refractivity contribution < 1.29 is 4.74 Å². The lowest BCUT2D eigenvalue weighted by Crippen LogP contribution is -2.29. The van der Waals surface area contributed by atoms with Crippen molar-refractivity contribution in [2.75, 3.05) is 7.11 Å². The van der Waals surface area contributed by atoms with Crippen molar-refractivity contribution in [2.24, 2.45) is 5.84 Å². The minimum Gasteiger partial charge on any atom is -0.496 e. The van der Waals surface area contributed by atoms with E-state index in [4.69, 9.17) is 10.6 Å². The fraction of sp³-hybridized carbons (Fsp3) is 0.200. The Kier molecular flexibility index (Phi) is 4.58. The Labute approximate surface area is 121 Å². The van der Waals surface area contributed by atoms with Gasteiger partial charge in [-0.3, -0.25) is 5.84 Å². The van der Waals surface area contributed by atoms with Crippen molar-refractivity contribution in [1.29, 1.82) is 0 Å². The zero-order valence-corrected chi connectivity index (χ0v) is 12.6. The van der Waals surface area contributed by atoms with Gasteiger partial charge in [0.1, 0.15) is 5.75 Å². The van der Waals surface area contributed by atoms with Gasteiger partial charge in [-0.25, -0.2) is 5.43 Å². The van der Waals surface area contributed by atoms with Crippen LogP contribution >= 0.6 is 15.9 Å². The maximum atomic E-state index is 5.73. The molecule has 1 unspecified atom stereocenters. The first-order chi connectivity index (χ1) is 9.17. The van der Waals surface area contributed by atoms with Gasteiger partial charge in [-0.2, -0.15) is 0 Å². The predicted octanol–water partition coefficient (Wildman–Crippen LogP) is 3.32. The van der Waals surface area contributed by atoms with Gasteiger partial charge in [0.05, 0.1) is 13.2 Å². The number of para-hydroxylation sites is 1. The van der Waals surface area contributed by atoms with Gasteiger partial charge in [0, 0.05) is 10.0 Å². The third kappa shape index (κ3) is 2.97. The van der Waals surface area contributed by atoms with E-state index in [1.165, 1.54) is 5.56 Å². The molecular formula is C15H17BrN2O. The highest BCUT2D eigenvalue weighted by Gasteiger charge is 2.17. The largest absolute Gasteiger partial charge is 0.496 e. The molecule has 0 saturated carbocycles. The second-order valence-electron chi connectivity index (χ2n) is 4.35. The van der Waals surface area contributed by atoms with Crippen LogP contribution in [0.15, 0.2) is 46.9 Å². The molecule has 0 aromatic heterocycles. The molecule has 0 aliphatic heterocycles. The summed E-state index contributed by atoms with van der Waals surface area (Å²) in [5.74, 6) is 6.55. The van der Waals surface area contributed by atoms with Crippen LogP contribution in [0.1, 0.15) is 22.7 Å². The van der Waals surface area contributed by atoms with Gasteiger partial charge in [-0.1, -0.05) is 46.3 Å². The molecule has 0 aliphatic carbocycles. The fourth-order valence-corrected chi connectivity index (χ4v) is 2.46. The summed E-state index contributed by atoms with van der Waals surface area (Å²) >= 11 is 3.55. The lowest BCUT2D eigenvalue weighted by molar-refractivity contribution is 0.404. The summed E-state index contributed by atoms with van der Waals surface area (Å²) < 4.78 is 6.47. The Balaban J connectivity index is 2.46. The Bertz CT molecular complexity index is 572. The number of hydrogen-bond acceptors (Lipinski definition) is 3. The Morgan fingerprint density at radius 1 is 1.21 bits per heavy atom. The lowest BCUT2D eigenvalue weighted by Gasteiger charge is -2.20. The zero-order chi connectivity index (χ0) is 13.8. The Hall–Kier alpha value is -1.36. The second-order valence-corrected chi connectivity index (χ2v) is 5.20. The van der Waals surface area contributed by atoms with Crippen molar-refractivity contribution in [2.45, 2.75) is 13.0 Å². The first kappa shape index (κ1) is 14.1. The number of benzene rings is 2. The highest BCUT2D eigenvalue weighted by atomic mass is 79.9. The molecule has 0 bridgehead atoms. The maximum Gasteiger partial charge on any atom is 0.124 e. The van der Waals surface area contributed by atoms with Gasteiger partial charge in [0.15, 0.2) is 0 Å². The fourth-order valence-electron chi connectivity index (χ4n) is 2.06. The smallest absolute Gasteiger partial charge is 0.124 e. The van der Waals surface area contributed by atoms with Crippen molar-refractivity contribution in [3.8, 4) is 5.75 Å². The van der Waals surface area contributed by atoms with Crippen LogP contribution in [-0.2, 0) is 0 Å². The maximum absolute atomic E-state index is 5.73. The molecule has 0 radical (unpaired) electrons. The summed E-state index contributed by atoms with van der Waals surface area (Å²) in [6, 6.07) is 14.0. The first-order valence-corrected chi connectivity index (χ1v) is 6.81. The van der Waals surface area contributed by atoms with Crippen LogP contribution in [0.3, 0.4) is 0 Å². The number of nitrogens with one attached hydrogen (secondary N) is 1. The molecule has 0 heterocycles. The third-order valence-corrected chi connectivity index (χ3v) is 4.00. The number of halogens is 1. The summed E-state index contributed by atoms with van der Waals surface area (Å²) in [5, 5.41) is 0. The summed E-state index contributed by atoms with van der Waals surface area (Å²) in [5.41, 5.74) is 6.15. The molecule has 19 heavy (non-hydrogen) atoms. The van der Waals surface area contributed by atoms with E-state index in [1.807, 2.05) is 24.3 Å². The number of nitrogens with two attached hydrogens (primary N) is 1. The van der Waals surface area contributed by atoms with Crippen molar-refractivity contribution >= 4 is 15.9 Å². The number of aryl methyl sites for hydroxylation is 1. The van der Waals surface area contributed by atoms with Crippen molar-refractivity contribution in [1.82, 2.24) is 5.43 Å². The molecule has 0 spiro atoms. The zero-order valence-electron chi connectivity index (χ0n) is 11.0. The molecule has 2 rings (SSSR count). The summed E-state index contributed by atoms with van der Waals surface area (Å²) in [6.45, 7) is 2.06. The average Bonchev–Trinajstić information content (AvgIpc) is 2.44. The molecule has 2 aromatic rings. The van der Waals surface area contributed by atoms with Crippen LogP contribution in [0, 0.1) is 6.92 Å². The van der Waals surface area contributed by atoms with Crippen LogP contribution in [0.5, 0.6) is 5.75 Å². The van der Waals surface area contributed by atoms with Crippen molar-refractivity contribution in [3.05, 3.63) is 63.6 Å². The molecule has 1 atom stereocenters. The van der Waals surface area contributed by atoms with Crippen LogP contribution in [0.25, 0.3) is 0 Å². The predicted molar refractivity (Wildman–Crippen MR) is 81.0 cm³/mol. The molecule has 2 aromatic carbocycles. The highest BCUT2D eigenvalue weighted by Crippen LogP contribution is 2.31. The summed E-state index contributed by atoms with van der Waals surface area (Å²) in [7, 11) is 1.66. The second kappa shape index (κ2) is 6.19. The number of rotatable bonds is 4. The van der Waals surface area contributed by atoms with E-state index >= 15 is 0 Å². The molecule has 0 amide bonds. The van der Waals surface area contributed by atoms with Crippen LogP contribution in [0.4, 0.5) is 0 Å². The molecule has 0 aliphatic rings. The van der Waals surface area contributed by atoms with Crippen molar-refractivity contribution in [3.63, 3.8) is 0 Å². The van der Waals surface area contributed by atoms with E-state index in [2.05, 4.69) is 46.5 Å². The number of hydrazine groups is 1. The third-order valence-electron chi connectivity index (χ3n) is 3.15. The number of hydrogen-bond donors (Lipinski definition) is 2. The SMILES string of the molecule is COc1ccccc1C(NN)c1ccc(C)c(Br)c1. The average molecular weight is 321 g/mol. The normalized spacial score (nSPS) is 12.2. The van der Waals surface area contributed by atoms with Gasteiger partial charge in [-0.15, -0.1) is 0 Å². The molecule has 0 saturated heterocycles. The first-order valence-electron chi connectivity index (χ1n) is 6.02. The molecular weight excluding hydrogens is 304 g/mol. The van der Waals surface area contributed by atoms with E-state index in [9.17, 15) is 0 Å². The Morgan fingerprint density at radius 2 is 1.95 bits per heavy atom. The highest BCUT2D eigenvalue weighted by molar-refractivity contribution is 9.10. The van der Waals surface area contributed by atoms with Gasteiger partial charge >= 0.3 is 0 Å². The minimum atomic E-state index is -0.104. The molecule has 100 valence electrons. The van der Waals surface area contributed by atoms with Gasteiger partial charge in [-0.05, 0) is 30.2 Å². The lowest BCUT2D eigenvalue weighted by atomic mass is 9.97. The van der Waals surface area contributed by atoms with E-state index in [0.29, 0.717) is 0 Å². The molecule has 0 fully saturated rings. The topological polar surface area (TPSA) is 47.3 Å². The molecule has 3 nitrogen and oxygen atoms in total.